The number of fused-ring (bicyclic) bond motifs is 3. The second-order valence-corrected chi connectivity index (χ2v) is 3.51. The Labute approximate surface area is 134 Å². The molecule has 0 amide bonds. The average Bonchev–Trinajstić information content (AvgIpc) is 2.60. The summed E-state index contributed by atoms with van der Waals surface area (Å²) >= 11 is 0. The van der Waals surface area contributed by atoms with E-state index >= 15 is 0 Å². The summed E-state index contributed by atoms with van der Waals surface area (Å²) in [4.78, 5) is 24.0. The van der Waals surface area contributed by atoms with Crippen molar-refractivity contribution >= 4 is 41.9 Å². The Morgan fingerprint density at radius 2 is 0.762 bits per heavy atom. The zero-order valence-electron chi connectivity index (χ0n) is 11.5. The maximum absolute atomic E-state index is 8.00. The molecule has 0 unspecified atom stereocenters. The fourth-order valence-electron chi connectivity index (χ4n) is 1.95. The third-order valence-corrected chi connectivity index (χ3v) is 2.65. The molecular weight excluding hydrogens is 304 g/mol. The molecule has 0 aliphatic heterocycles. The number of carbonyl (C=O) groups excluding carboxylic acids is 3. The third-order valence-electron chi connectivity index (χ3n) is 2.65. The van der Waals surface area contributed by atoms with Crippen molar-refractivity contribution in [3.8, 4) is 0 Å². The first-order valence-electron chi connectivity index (χ1n) is 5.68. The van der Waals surface area contributed by atoms with Crippen molar-refractivity contribution in [1.29, 1.82) is 0 Å². The van der Waals surface area contributed by atoms with E-state index in [1.54, 1.807) is 0 Å². The van der Waals surface area contributed by atoms with E-state index in [1.165, 1.54) is 21.5 Å². The SMILES string of the molecule is C=O.C=O.C=O.[Cr].c1ccc2c(c1)ccc1ccccc12. The van der Waals surface area contributed by atoms with Gasteiger partial charge in [0.1, 0.15) is 20.4 Å². The number of benzene rings is 3. The van der Waals surface area contributed by atoms with Crippen LogP contribution in [-0.2, 0) is 31.7 Å². The van der Waals surface area contributed by atoms with Gasteiger partial charge in [-0.3, -0.25) is 0 Å². The van der Waals surface area contributed by atoms with Gasteiger partial charge < -0.3 is 14.4 Å². The molecule has 0 bridgehead atoms. The minimum atomic E-state index is 0. The van der Waals surface area contributed by atoms with Crippen LogP contribution in [0.1, 0.15) is 0 Å². The average molecular weight is 320 g/mol. The van der Waals surface area contributed by atoms with Crippen molar-refractivity contribution in [3.63, 3.8) is 0 Å². The molecule has 0 saturated carbocycles. The molecule has 0 N–H and O–H groups in total. The molecule has 0 aliphatic rings. The molecule has 3 aromatic carbocycles. The molecule has 0 fully saturated rings. The number of hydrogen-bond donors (Lipinski definition) is 0. The van der Waals surface area contributed by atoms with Gasteiger partial charge in [0.25, 0.3) is 0 Å². The molecule has 3 rings (SSSR count). The zero-order chi connectivity index (χ0) is 15.4. The monoisotopic (exact) mass is 320 g/mol. The van der Waals surface area contributed by atoms with E-state index in [9.17, 15) is 0 Å². The standard InChI is InChI=1S/C14H10.3CH2O.Cr/c1-3-7-13-11(5-1)9-10-12-6-2-4-8-14(12)13;3*1-2;/h1-10H;3*1H2;. The Kier molecular flexibility index (Phi) is 12.8. The van der Waals surface area contributed by atoms with Gasteiger partial charge in [0.2, 0.25) is 0 Å². The second-order valence-electron chi connectivity index (χ2n) is 3.51. The van der Waals surface area contributed by atoms with Crippen molar-refractivity contribution in [2.24, 2.45) is 0 Å². The van der Waals surface area contributed by atoms with Gasteiger partial charge in [-0.05, 0) is 21.5 Å². The molecule has 0 spiro atoms. The van der Waals surface area contributed by atoms with Crippen molar-refractivity contribution in [2.75, 3.05) is 0 Å². The van der Waals surface area contributed by atoms with Crippen LogP contribution in [0, 0.1) is 0 Å². The number of hydrogen-bond acceptors (Lipinski definition) is 3. The van der Waals surface area contributed by atoms with E-state index < -0.39 is 0 Å². The first kappa shape index (κ1) is 21.0. The van der Waals surface area contributed by atoms with Crippen LogP contribution in [0.3, 0.4) is 0 Å². The van der Waals surface area contributed by atoms with Gasteiger partial charge in [-0.25, -0.2) is 0 Å². The van der Waals surface area contributed by atoms with Gasteiger partial charge in [-0.2, -0.15) is 0 Å². The number of carbonyl (C=O) groups is 3. The molecular formula is C17H16CrO3. The minimum absolute atomic E-state index is 0. The maximum atomic E-state index is 8.00. The summed E-state index contributed by atoms with van der Waals surface area (Å²) in [6, 6.07) is 21.4. The van der Waals surface area contributed by atoms with Crippen LogP contribution in [0.25, 0.3) is 21.5 Å². The van der Waals surface area contributed by atoms with Gasteiger partial charge in [0, 0.05) is 17.4 Å². The van der Waals surface area contributed by atoms with Gasteiger partial charge in [0.05, 0.1) is 0 Å². The van der Waals surface area contributed by atoms with E-state index in [0.29, 0.717) is 0 Å². The quantitative estimate of drug-likeness (QED) is 0.596. The summed E-state index contributed by atoms with van der Waals surface area (Å²) in [5.41, 5.74) is 0. The molecule has 108 valence electrons. The molecule has 0 radical (unpaired) electrons. The molecule has 0 saturated heterocycles. The number of rotatable bonds is 0. The van der Waals surface area contributed by atoms with Crippen LogP contribution in [0.4, 0.5) is 0 Å². The predicted molar refractivity (Wildman–Crippen MR) is 82.8 cm³/mol. The maximum Gasteiger partial charge on any atom is 0.106 e. The molecule has 0 atom stereocenters. The van der Waals surface area contributed by atoms with E-state index in [0.717, 1.165) is 0 Å². The van der Waals surface area contributed by atoms with Crippen molar-refractivity contribution in [2.45, 2.75) is 0 Å². The van der Waals surface area contributed by atoms with Gasteiger partial charge in [0.15, 0.2) is 0 Å². The Morgan fingerprint density at radius 3 is 1.10 bits per heavy atom. The molecule has 3 nitrogen and oxygen atoms in total. The van der Waals surface area contributed by atoms with E-state index in [2.05, 4.69) is 60.7 Å². The second kappa shape index (κ2) is 12.7. The van der Waals surface area contributed by atoms with Crippen LogP contribution in [-0.4, -0.2) is 20.4 Å². The Bertz CT molecular complexity index is 596. The summed E-state index contributed by atoms with van der Waals surface area (Å²) in [6.07, 6.45) is 0. The summed E-state index contributed by atoms with van der Waals surface area (Å²) in [5, 5.41) is 5.30. The van der Waals surface area contributed by atoms with Crippen molar-refractivity contribution in [3.05, 3.63) is 60.7 Å². The van der Waals surface area contributed by atoms with Gasteiger partial charge in [-0.1, -0.05) is 60.7 Å². The molecule has 0 heterocycles. The summed E-state index contributed by atoms with van der Waals surface area (Å²) in [5.74, 6) is 0. The fourth-order valence-corrected chi connectivity index (χ4v) is 1.95. The normalized spacial score (nSPS) is 7.81. The van der Waals surface area contributed by atoms with Crippen LogP contribution in [0.5, 0.6) is 0 Å². The summed E-state index contributed by atoms with van der Waals surface area (Å²) in [7, 11) is 0. The Morgan fingerprint density at radius 1 is 0.476 bits per heavy atom. The molecule has 21 heavy (non-hydrogen) atoms. The van der Waals surface area contributed by atoms with E-state index in [-0.39, 0.29) is 17.4 Å². The van der Waals surface area contributed by atoms with E-state index in [4.69, 9.17) is 14.4 Å². The smallest absolute Gasteiger partial charge is 0.106 e. The van der Waals surface area contributed by atoms with Gasteiger partial charge in [-0.15, -0.1) is 0 Å². The van der Waals surface area contributed by atoms with Crippen LogP contribution in [0.15, 0.2) is 60.7 Å². The largest absolute Gasteiger partial charge is 0.307 e. The summed E-state index contributed by atoms with van der Waals surface area (Å²) < 4.78 is 0. The van der Waals surface area contributed by atoms with Crippen LogP contribution < -0.4 is 0 Å². The van der Waals surface area contributed by atoms with E-state index in [1.807, 2.05) is 20.4 Å². The predicted octanol–water partition coefficient (Wildman–Crippen LogP) is 3.44. The third kappa shape index (κ3) is 5.31. The Balaban J connectivity index is 0. The molecule has 0 aliphatic carbocycles. The van der Waals surface area contributed by atoms with Crippen LogP contribution in [0.2, 0.25) is 0 Å². The first-order valence-corrected chi connectivity index (χ1v) is 5.68. The molecule has 0 aromatic heterocycles. The van der Waals surface area contributed by atoms with Gasteiger partial charge >= 0.3 is 0 Å². The first-order chi connectivity index (χ1) is 9.95. The van der Waals surface area contributed by atoms with Crippen LogP contribution >= 0.6 is 0 Å². The summed E-state index contributed by atoms with van der Waals surface area (Å²) in [6.45, 7) is 6.00. The topological polar surface area (TPSA) is 51.2 Å². The van der Waals surface area contributed by atoms with Crippen molar-refractivity contribution < 1.29 is 31.7 Å². The minimum Gasteiger partial charge on any atom is -0.307 e. The zero-order valence-corrected chi connectivity index (χ0v) is 12.8. The molecule has 3 aromatic rings. The van der Waals surface area contributed by atoms with Crippen molar-refractivity contribution in [1.82, 2.24) is 0 Å². The Hall–Kier alpha value is -2.28. The molecule has 4 heteroatoms. The fraction of sp³-hybridized carbons (Fsp3) is 0.